The molecule has 1 N–H and O–H groups in total. The first-order valence-corrected chi connectivity index (χ1v) is 8.82. The van der Waals surface area contributed by atoms with Crippen LogP contribution in [-0.2, 0) is 20.9 Å². The van der Waals surface area contributed by atoms with E-state index in [1.165, 1.54) is 13.0 Å². The summed E-state index contributed by atoms with van der Waals surface area (Å²) < 4.78 is 19.5. The maximum Gasteiger partial charge on any atom is 0.407 e. The van der Waals surface area contributed by atoms with Crippen molar-refractivity contribution in [2.75, 3.05) is 13.1 Å². The molecule has 7 heteroatoms. The van der Waals surface area contributed by atoms with E-state index in [1.54, 1.807) is 38.0 Å². The SMILES string of the molecule is CC(=O)ON1CCC(c2cc(CNC(=O)OC(C)(C)C)ccc2F)CC1. The average molecular weight is 366 g/mol. The first-order chi connectivity index (χ1) is 12.1. The number of nitrogens with zero attached hydrogens (tertiary/aromatic N) is 1. The highest BCUT2D eigenvalue weighted by atomic mass is 19.1. The van der Waals surface area contributed by atoms with Crippen LogP contribution < -0.4 is 5.32 Å². The molecule has 0 aromatic heterocycles. The zero-order valence-corrected chi connectivity index (χ0v) is 15.8. The lowest BCUT2D eigenvalue weighted by molar-refractivity contribution is -0.192. The molecule has 0 bridgehead atoms. The molecule has 1 aromatic carbocycles. The summed E-state index contributed by atoms with van der Waals surface area (Å²) in [5.41, 5.74) is 0.888. The molecular weight excluding hydrogens is 339 g/mol. The van der Waals surface area contributed by atoms with Gasteiger partial charge in [-0.15, -0.1) is 5.06 Å². The molecular formula is C19H27FN2O4. The number of ether oxygens (including phenoxy) is 1. The summed E-state index contributed by atoms with van der Waals surface area (Å²) in [6, 6.07) is 4.88. The second-order valence-corrected chi connectivity index (χ2v) is 7.50. The van der Waals surface area contributed by atoms with Crippen molar-refractivity contribution in [3.05, 3.63) is 35.1 Å². The second-order valence-electron chi connectivity index (χ2n) is 7.50. The summed E-state index contributed by atoms with van der Waals surface area (Å²) in [6.45, 7) is 8.18. The fourth-order valence-corrected chi connectivity index (χ4v) is 2.94. The van der Waals surface area contributed by atoms with E-state index >= 15 is 0 Å². The van der Waals surface area contributed by atoms with E-state index < -0.39 is 11.7 Å². The Balaban J connectivity index is 1.95. The van der Waals surface area contributed by atoms with E-state index in [9.17, 15) is 14.0 Å². The van der Waals surface area contributed by atoms with Gasteiger partial charge in [0.1, 0.15) is 11.4 Å². The summed E-state index contributed by atoms with van der Waals surface area (Å²) in [4.78, 5) is 27.8. The predicted octanol–water partition coefficient (Wildman–Crippen LogP) is 3.51. The largest absolute Gasteiger partial charge is 0.444 e. The van der Waals surface area contributed by atoms with Crippen LogP contribution in [0.5, 0.6) is 0 Å². The minimum atomic E-state index is -0.562. The normalized spacial score (nSPS) is 16.2. The molecule has 0 aliphatic carbocycles. The second kappa shape index (κ2) is 8.49. The van der Waals surface area contributed by atoms with Gasteiger partial charge in [-0.2, -0.15) is 0 Å². The van der Waals surface area contributed by atoms with E-state index in [2.05, 4.69) is 5.32 Å². The van der Waals surface area contributed by atoms with Crippen LogP contribution >= 0.6 is 0 Å². The van der Waals surface area contributed by atoms with Crippen molar-refractivity contribution in [1.29, 1.82) is 0 Å². The Bertz CT molecular complexity index is 649. The van der Waals surface area contributed by atoms with Gasteiger partial charge in [0.05, 0.1) is 0 Å². The van der Waals surface area contributed by atoms with Gasteiger partial charge in [-0.1, -0.05) is 12.1 Å². The maximum absolute atomic E-state index is 14.3. The third-order valence-corrected chi connectivity index (χ3v) is 4.05. The standard InChI is InChI=1S/C19H27FN2O4/c1-13(23)26-22-9-7-15(8-10-22)16-11-14(5-6-17(16)20)12-21-18(24)25-19(2,3)4/h5-6,11,15H,7-10,12H2,1-4H3,(H,21,24). The number of benzene rings is 1. The number of rotatable bonds is 4. The van der Waals surface area contributed by atoms with E-state index in [0.717, 1.165) is 5.56 Å². The molecule has 1 saturated heterocycles. The molecule has 0 atom stereocenters. The first-order valence-electron chi connectivity index (χ1n) is 8.82. The molecule has 1 amide bonds. The molecule has 1 aliphatic heterocycles. The van der Waals surface area contributed by atoms with E-state index in [-0.39, 0.29) is 24.2 Å². The van der Waals surface area contributed by atoms with Gasteiger partial charge in [0.15, 0.2) is 0 Å². The van der Waals surface area contributed by atoms with Crippen molar-refractivity contribution in [1.82, 2.24) is 10.4 Å². The Morgan fingerprint density at radius 3 is 2.50 bits per heavy atom. The zero-order chi connectivity index (χ0) is 19.3. The quantitative estimate of drug-likeness (QED) is 0.883. The van der Waals surface area contributed by atoms with Crippen LogP contribution in [0.3, 0.4) is 0 Å². The van der Waals surface area contributed by atoms with Crippen molar-refractivity contribution in [3.8, 4) is 0 Å². The molecule has 0 spiro atoms. The van der Waals surface area contributed by atoms with Crippen molar-refractivity contribution in [2.24, 2.45) is 0 Å². The molecule has 1 aromatic rings. The van der Waals surface area contributed by atoms with Gasteiger partial charge in [-0.25, -0.2) is 9.18 Å². The van der Waals surface area contributed by atoms with Gasteiger partial charge in [0, 0.05) is 26.6 Å². The maximum atomic E-state index is 14.3. The minimum absolute atomic E-state index is 0.0586. The fourth-order valence-electron chi connectivity index (χ4n) is 2.94. The summed E-state index contributed by atoms with van der Waals surface area (Å²) in [5, 5.41) is 4.30. The third-order valence-electron chi connectivity index (χ3n) is 4.05. The number of alkyl carbamates (subject to hydrolysis) is 1. The van der Waals surface area contributed by atoms with Crippen molar-refractivity contribution < 1.29 is 23.6 Å². The number of hydroxylamine groups is 2. The zero-order valence-electron chi connectivity index (χ0n) is 15.8. The van der Waals surface area contributed by atoms with Crippen LogP contribution in [0.2, 0.25) is 0 Å². The van der Waals surface area contributed by atoms with Crippen LogP contribution in [0.4, 0.5) is 9.18 Å². The molecule has 6 nitrogen and oxygen atoms in total. The number of nitrogens with one attached hydrogen (secondary N) is 1. The Morgan fingerprint density at radius 2 is 1.92 bits per heavy atom. The van der Waals surface area contributed by atoms with Crippen molar-refractivity contribution in [2.45, 2.75) is 58.6 Å². The number of carbonyl (C=O) groups is 2. The van der Waals surface area contributed by atoms with Crippen LogP contribution in [0.15, 0.2) is 18.2 Å². The number of piperidine rings is 1. The molecule has 0 saturated carbocycles. The molecule has 2 rings (SSSR count). The lowest BCUT2D eigenvalue weighted by atomic mass is 9.88. The van der Waals surface area contributed by atoms with Crippen LogP contribution in [0.1, 0.15) is 57.6 Å². The van der Waals surface area contributed by atoms with Gasteiger partial charge < -0.3 is 14.9 Å². The topological polar surface area (TPSA) is 67.9 Å². The lowest BCUT2D eigenvalue weighted by Gasteiger charge is -2.30. The van der Waals surface area contributed by atoms with E-state index in [1.807, 2.05) is 0 Å². The molecule has 0 unspecified atom stereocenters. The summed E-state index contributed by atoms with van der Waals surface area (Å²) in [6.07, 6.45) is 0.901. The molecule has 1 heterocycles. The van der Waals surface area contributed by atoms with Crippen LogP contribution in [0, 0.1) is 5.82 Å². The molecule has 144 valence electrons. The summed E-state index contributed by atoms with van der Waals surface area (Å²) >= 11 is 0. The summed E-state index contributed by atoms with van der Waals surface area (Å²) in [5.74, 6) is -0.537. The highest BCUT2D eigenvalue weighted by Gasteiger charge is 2.24. The minimum Gasteiger partial charge on any atom is -0.444 e. The van der Waals surface area contributed by atoms with Crippen molar-refractivity contribution in [3.63, 3.8) is 0 Å². The Hall–Kier alpha value is -2.15. The number of amides is 1. The fraction of sp³-hybridized carbons (Fsp3) is 0.579. The number of hydrogen-bond acceptors (Lipinski definition) is 5. The molecule has 26 heavy (non-hydrogen) atoms. The average Bonchev–Trinajstić information content (AvgIpc) is 2.53. The van der Waals surface area contributed by atoms with Crippen LogP contribution in [0.25, 0.3) is 0 Å². The van der Waals surface area contributed by atoms with E-state index in [0.29, 0.717) is 31.5 Å². The highest BCUT2D eigenvalue weighted by Crippen LogP contribution is 2.30. The Labute approximate surface area is 153 Å². The van der Waals surface area contributed by atoms with Gasteiger partial charge in [0.25, 0.3) is 0 Å². The molecule has 1 aliphatic rings. The highest BCUT2D eigenvalue weighted by molar-refractivity contribution is 5.67. The van der Waals surface area contributed by atoms with Crippen LogP contribution in [-0.4, -0.2) is 35.8 Å². The van der Waals surface area contributed by atoms with Gasteiger partial charge >= 0.3 is 12.1 Å². The third kappa shape index (κ3) is 6.29. The lowest BCUT2D eigenvalue weighted by Crippen LogP contribution is -2.34. The first kappa shape index (κ1) is 20.2. The van der Waals surface area contributed by atoms with Gasteiger partial charge in [-0.3, -0.25) is 4.79 Å². The molecule has 0 radical (unpaired) electrons. The number of hydrogen-bond donors (Lipinski definition) is 1. The van der Waals surface area contributed by atoms with Crippen molar-refractivity contribution >= 4 is 12.1 Å². The number of halogens is 1. The van der Waals surface area contributed by atoms with E-state index in [4.69, 9.17) is 9.57 Å². The Kier molecular flexibility index (Phi) is 6.58. The smallest absolute Gasteiger partial charge is 0.407 e. The predicted molar refractivity (Wildman–Crippen MR) is 94.8 cm³/mol. The van der Waals surface area contributed by atoms with Gasteiger partial charge in [0.2, 0.25) is 0 Å². The monoisotopic (exact) mass is 366 g/mol. The van der Waals surface area contributed by atoms with Gasteiger partial charge in [-0.05, 0) is 56.7 Å². The Morgan fingerprint density at radius 1 is 1.27 bits per heavy atom. The summed E-state index contributed by atoms with van der Waals surface area (Å²) in [7, 11) is 0. The molecule has 1 fully saturated rings. The number of carbonyl (C=O) groups excluding carboxylic acids is 2.